The average molecular weight is 219 g/mol. The van der Waals surface area contributed by atoms with Crippen LogP contribution in [-0.4, -0.2) is 15.0 Å². The van der Waals surface area contributed by atoms with Crippen LogP contribution in [0.25, 0.3) is 0 Å². The quantitative estimate of drug-likeness (QED) is 0.671. The second kappa shape index (κ2) is 3.08. The van der Waals surface area contributed by atoms with Gasteiger partial charge in [-0.15, -0.1) is 5.10 Å². The van der Waals surface area contributed by atoms with Gasteiger partial charge in [-0.2, -0.15) is 0 Å². The summed E-state index contributed by atoms with van der Waals surface area (Å²) in [4.78, 5) is 0. The first kappa shape index (κ1) is 10.3. The maximum absolute atomic E-state index is 4.38. The molecule has 3 rings (SSSR count). The van der Waals surface area contributed by atoms with Crippen molar-refractivity contribution in [3.63, 3.8) is 0 Å². The molecule has 0 N–H and O–H groups in total. The van der Waals surface area contributed by atoms with Crippen molar-refractivity contribution in [2.45, 2.75) is 52.5 Å². The molecule has 3 atom stereocenters. The number of aromatic nitrogens is 3. The van der Waals surface area contributed by atoms with Gasteiger partial charge in [0.25, 0.3) is 0 Å². The Balaban J connectivity index is 1.98. The Labute approximate surface area is 97.2 Å². The molecule has 1 fully saturated rings. The zero-order valence-corrected chi connectivity index (χ0v) is 10.7. The van der Waals surface area contributed by atoms with Crippen molar-refractivity contribution in [3.05, 3.63) is 11.4 Å². The third-order valence-corrected chi connectivity index (χ3v) is 4.38. The Hall–Kier alpha value is -0.860. The molecule has 3 heteroatoms. The number of hydrogen-bond donors (Lipinski definition) is 0. The summed E-state index contributed by atoms with van der Waals surface area (Å²) < 4.78 is 2.15. The molecule has 88 valence electrons. The van der Waals surface area contributed by atoms with Crippen LogP contribution < -0.4 is 0 Å². The highest BCUT2D eigenvalue weighted by atomic mass is 15.5. The van der Waals surface area contributed by atoms with Gasteiger partial charge in [-0.25, -0.2) is 4.68 Å². The van der Waals surface area contributed by atoms with E-state index in [1.54, 1.807) is 0 Å². The summed E-state index contributed by atoms with van der Waals surface area (Å²) in [6, 6.07) is 0. The van der Waals surface area contributed by atoms with E-state index >= 15 is 0 Å². The van der Waals surface area contributed by atoms with Gasteiger partial charge >= 0.3 is 0 Å². The van der Waals surface area contributed by atoms with Crippen LogP contribution in [0.15, 0.2) is 0 Å². The molecule has 1 aromatic heterocycles. The number of nitrogens with zero attached hydrogens (tertiary/aromatic N) is 3. The number of aryl methyl sites for hydroxylation is 1. The first-order valence-electron chi connectivity index (χ1n) is 6.42. The summed E-state index contributed by atoms with van der Waals surface area (Å²) in [6.07, 6.45) is 3.66. The van der Waals surface area contributed by atoms with E-state index in [4.69, 9.17) is 0 Å². The van der Waals surface area contributed by atoms with Crippen LogP contribution in [0, 0.1) is 17.8 Å². The molecule has 0 aliphatic heterocycles. The molecule has 0 saturated heterocycles. The molecule has 2 aliphatic rings. The predicted molar refractivity (Wildman–Crippen MR) is 63.2 cm³/mol. The maximum atomic E-state index is 4.38. The zero-order valence-electron chi connectivity index (χ0n) is 10.7. The third kappa shape index (κ3) is 1.40. The van der Waals surface area contributed by atoms with Crippen molar-refractivity contribution >= 4 is 0 Å². The van der Waals surface area contributed by atoms with Gasteiger partial charge in [-0.3, -0.25) is 0 Å². The summed E-state index contributed by atoms with van der Waals surface area (Å²) in [5.41, 5.74) is 2.73. The van der Waals surface area contributed by atoms with Gasteiger partial charge in [0.15, 0.2) is 0 Å². The van der Waals surface area contributed by atoms with Crippen LogP contribution in [0.5, 0.6) is 0 Å². The summed E-state index contributed by atoms with van der Waals surface area (Å²) in [7, 11) is 0. The van der Waals surface area contributed by atoms with Gasteiger partial charge in [0.1, 0.15) is 0 Å². The van der Waals surface area contributed by atoms with Gasteiger partial charge in [-0.05, 0) is 57.8 Å². The number of hydrogen-bond acceptors (Lipinski definition) is 2. The SMILES string of the molecule is CC1[C@H]2Cc3c(nnn3C(C)(C)C)CC[C@@H]12. The Morgan fingerprint density at radius 3 is 2.69 bits per heavy atom. The second-order valence-corrected chi connectivity index (χ2v) is 6.50. The lowest BCUT2D eigenvalue weighted by Crippen LogP contribution is -2.26. The Kier molecular flexibility index (Phi) is 1.99. The fourth-order valence-electron chi connectivity index (χ4n) is 3.25. The number of fused-ring (bicyclic) bond motifs is 2. The largest absolute Gasteiger partial charge is 0.244 e. The molecular weight excluding hydrogens is 198 g/mol. The maximum Gasteiger partial charge on any atom is 0.0859 e. The van der Waals surface area contributed by atoms with Crippen molar-refractivity contribution in [2.24, 2.45) is 17.8 Å². The molecule has 0 radical (unpaired) electrons. The minimum Gasteiger partial charge on any atom is -0.244 e. The van der Waals surface area contributed by atoms with Gasteiger partial charge in [-0.1, -0.05) is 12.1 Å². The molecule has 1 aromatic rings. The summed E-state index contributed by atoms with van der Waals surface area (Å²) in [5.74, 6) is 2.79. The summed E-state index contributed by atoms with van der Waals surface area (Å²) in [6.45, 7) is 9.02. The van der Waals surface area contributed by atoms with Crippen LogP contribution in [-0.2, 0) is 18.4 Å². The van der Waals surface area contributed by atoms with Crippen LogP contribution in [0.1, 0.15) is 45.5 Å². The lowest BCUT2D eigenvalue weighted by Gasteiger charge is -2.21. The lowest BCUT2D eigenvalue weighted by atomic mass is 10.1. The van der Waals surface area contributed by atoms with Crippen molar-refractivity contribution < 1.29 is 0 Å². The second-order valence-electron chi connectivity index (χ2n) is 6.50. The molecule has 1 heterocycles. The molecule has 1 saturated carbocycles. The highest BCUT2D eigenvalue weighted by Crippen LogP contribution is 2.52. The van der Waals surface area contributed by atoms with Crippen molar-refractivity contribution in [1.29, 1.82) is 0 Å². The zero-order chi connectivity index (χ0) is 11.5. The van der Waals surface area contributed by atoms with Gasteiger partial charge < -0.3 is 0 Å². The fourth-order valence-corrected chi connectivity index (χ4v) is 3.25. The smallest absolute Gasteiger partial charge is 0.0859 e. The monoisotopic (exact) mass is 219 g/mol. The summed E-state index contributed by atoms with van der Waals surface area (Å²) in [5, 5.41) is 8.73. The van der Waals surface area contributed by atoms with Crippen LogP contribution in [0.4, 0.5) is 0 Å². The van der Waals surface area contributed by atoms with Crippen molar-refractivity contribution in [3.8, 4) is 0 Å². The Morgan fingerprint density at radius 1 is 1.25 bits per heavy atom. The topological polar surface area (TPSA) is 30.7 Å². The average Bonchev–Trinajstić information content (AvgIpc) is 2.65. The van der Waals surface area contributed by atoms with E-state index in [9.17, 15) is 0 Å². The predicted octanol–water partition coefficient (Wildman–Crippen LogP) is 2.40. The Morgan fingerprint density at radius 2 is 2.00 bits per heavy atom. The molecule has 2 aliphatic carbocycles. The minimum absolute atomic E-state index is 0.0680. The van der Waals surface area contributed by atoms with Crippen LogP contribution >= 0.6 is 0 Å². The van der Waals surface area contributed by atoms with E-state index in [1.807, 2.05) is 0 Å². The molecule has 3 nitrogen and oxygen atoms in total. The minimum atomic E-state index is 0.0680. The molecule has 1 unspecified atom stereocenters. The molecular formula is C13H21N3. The third-order valence-electron chi connectivity index (χ3n) is 4.38. The Bertz CT molecular complexity index is 413. The first-order chi connectivity index (χ1) is 7.48. The van der Waals surface area contributed by atoms with E-state index in [-0.39, 0.29) is 5.54 Å². The van der Waals surface area contributed by atoms with Crippen molar-refractivity contribution in [1.82, 2.24) is 15.0 Å². The first-order valence-corrected chi connectivity index (χ1v) is 6.42. The molecule has 16 heavy (non-hydrogen) atoms. The van der Waals surface area contributed by atoms with E-state index < -0.39 is 0 Å². The molecule has 0 aromatic carbocycles. The fraction of sp³-hybridized carbons (Fsp3) is 0.846. The van der Waals surface area contributed by atoms with Crippen LogP contribution in [0.2, 0.25) is 0 Å². The lowest BCUT2D eigenvalue weighted by molar-refractivity contribution is 0.333. The summed E-state index contributed by atoms with van der Waals surface area (Å²) >= 11 is 0. The van der Waals surface area contributed by atoms with Crippen LogP contribution in [0.3, 0.4) is 0 Å². The highest BCUT2D eigenvalue weighted by molar-refractivity contribution is 5.19. The molecule has 0 amide bonds. The van der Waals surface area contributed by atoms with E-state index in [0.29, 0.717) is 0 Å². The van der Waals surface area contributed by atoms with Crippen molar-refractivity contribution in [2.75, 3.05) is 0 Å². The normalized spacial score (nSPS) is 32.9. The molecule has 0 spiro atoms. The number of rotatable bonds is 0. The highest BCUT2D eigenvalue weighted by Gasteiger charge is 2.48. The molecule has 0 bridgehead atoms. The van der Waals surface area contributed by atoms with E-state index in [2.05, 4.69) is 42.7 Å². The van der Waals surface area contributed by atoms with E-state index in [1.165, 1.54) is 24.2 Å². The van der Waals surface area contributed by atoms with Gasteiger partial charge in [0.05, 0.1) is 16.9 Å². The van der Waals surface area contributed by atoms with Gasteiger partial charge in [0.2, 0.25) is 0 Å². The van der Waals surface area contributed by atoms with E-state index in [0.717, 1.165) is 24.2 Å². The standard InChI is InChI=1S/C13H21N3/c1-8-9-5-6-11-12(7-10(8)9)16(15-14-11)13(2,3)4/h8-10H,5-7H2,1-4H3/t8?,9-,10+/m0/s1. The van der Waals surface area contributed by atoms with Gasteiger partial charge in [0, 0.05) is 0 Å².